The Balaban J connectivity index is 1.53. The van der Waals surface area contributed by atoms with E-state index in [1.807, 2.05) is 11.8 Å². The van der Waals surface area contributed by atoms with Gasteiger partial charge in [-0.1, -0.05) is 23.7 Å². The van der Waals surface area contributed by atoms with Gasteiger partial charge in [0.1, 0.15) is 0 Å². The second-order valence-corrected chi connectivity index (χ2v) is 13.0. The molecular weight excluding hydrogens is 538 g/mol. The number of benzene rings is 1. The van der Waals surface area contributed by atoms with Crippen LogP contribution in [0.5, 0.6) is 0 Å². The number of piperidine rings is 1. The van der Waals surface area contributed by atoms with Crippen LogP contribution in [0.15, 0.2) is 58.3 Å². The Bertz CT molecular complexity index is 1270. The number of likely N-dealkylation sites (tertiary alicyclic amines) is 1. The zero-order valence-electron chi connectivity index (χ0n) is 22.7. The Labute approximate surface area is 236 Å². The number of amides is 2. The van der Waals surface area contributed by atoms with Crippen LogP contribution >= 0.6 is 11.6 Å². The molecule has 2 saturated heterocycles. The van der Waals surface area contributed by atoms with Crippen LogP contribution in [-0.4, -0.2) is 75.7 Å². The zero-order chi connectivity index (χ0) is 28.0. The summed E-state index contributed by atoms with van der Waals surface area (Å²) in [6.45, 7) is 6.17. The molecule has 0 atom stereocenters. The highest BCUT2D eigenvalue weighted by Crippen LogP contribution is 2.31. The second kappa shape index (κ2) is 13.2. The van der Waals surface area contributed by atoms with Crippen molar-refractivity contribution in [1.29, 1.82) is 0 Å². The smallest absolute Gasteiger partial charge is 0.255 e. The van der Waals surface area contributed by atoms with Crippen molar-refractivity contribution in [2.45, 2.75) is 45.4 Å². The summed E-state index contributed by atoms with van der Waals surface area (Å²) in [7, 11) is -3.49. The number of halogens is 1. The van der Waals surface area contributed by atoms with Crippen molar-refractivity contribution in [3.05, 3.63) is 68.9 Å². The molecule has 8 nitrogen and oxygen atoms in total. The average molecular weight is 576 g/mol. The lowest BCUT2D eigenvalue weighted by atomic mass is 9.91. The lowest BCUT2D eigenvalue weighted by molar-refractivity contribution is -0.132. The molecule has 4 rings (SSSR count). The SMILES string of the molecule is CC1=C(N2CCC(CC(=O)N3CCCOCC3)CC2)C(NC(=O)c2cccc(Cl)c2)=CC(S(C)(=O)=O)=CCC1. The molecular formula is C29H38ClN3O5S. The van der Waals surface area contributed by atoms with Crippen LogP contribution in [0.2, 0.25) is 5.02 Å². The van der Waals surface area contributed by atoms with E-state index < -0.39 is 9.84 Å². The minimum absolute atomic E-state index is 0.191. The average Bonchev–Trinajstić information content (AvgIpc) is 3.17. The number of nitrogens with zero attached hydrogens (tertiary/aromatic N) is 2. The van der Waals surface area contributed by atoms with Crippen molar-refractivity contribution in [2.75, 3.05) is 45.6 Å². The third-order valence-corrected chi connectivity index (χ3v) is 8.92. The van der Waals surface area contributed by atoms with Crippen molar-refractivity contribution >= 4 is 33.3 Å². The molecule has 1 N–H and O–H groups in total. The zero-order valence-corrected chi connectivity index (χ0v) is 24.3. The third-order valence-electron chi connectivity index (χ3n) is 7.54. The van der Waals surface area contributed by atoms with Crippen LogP contribution in [0.25, 0.3) is 0 Å². The summed E-state index contributed by atoms with van der Waals surface area (Å²) in [6, 6.07) is 6.66. The molecule has 3 aliphatic rings. The molecule has 2 amide bonds. The predicted octanol–water partition coefficient (Wildman–Crippen LogP) is 4.30. The van der Waals surface area contributed by atoms with Crippen LogP contribution in [-0.2, 0) is 19.4 Å². The van der Waals surface area contributed by atoms with Gasteiger partial charge in [0.25, 0.3) is 5.91 Å². The van der Waals surface area contributed by atoms with E-state index in [0.29, 0.717) is 55.3 Å². The molecule has 0 aromatic heterocycles. The summed E-state index contributed by atoms with van der Waals surface area (Å²) in [4.78, 5) is 30.5. The highest BCUT2D eigenvalue weighted by atomic mass is 35.5. The fourth-order valence-electron chi connectivity index (χ4n) is 5.40. The van der Waals surface area contributed by atoms with Gasteiger partial charge in [0.05, 0.1) is 22.9 Å². The molecule has 0 radical (unpaired) electrons. The third kappa shape index (κ3) is 7.96. The quantitative estimate of drug-likeness (QED) is 0.543. The molecule has 1 aromatic carbocycles. The molecule has 0 unspecified atom stereocenters. The summed E-state index contributed by atoms with van der Waals surface area (Å²) >= 11 is 6.11. The van der Waals surface area contributed by atoms with E-state index in [0.717, 1.165) is 50.2 Å². The Morgan fingerprint density at radius 2 is 1.90 bits per heavy atom. The van der Waals surface area contributed by atoms with E-state index in [-0.39, 0.29) is 22.6 Å². The fourth-order valence-corrected chi connectivity index (χ4v) is 6.34. The van der Waals surface area contributed by atoms with Crippen molar-refractivity contribution in [1.82, 2.24) is 15.1 Å². The standard InChI is InChI=1S/C29H38ClN3O5S/c1-21-6-3-9-25(39(2,36)37)20-26(31-29(35)23-7-4-8-24(30)19-23)28(21)33-13-10-22(11-14-33)18-27(34)32-12-5-16-38-17-15-32/h4,7-9,19-20,22H,3,5-6,10-18H2,1-2H3,(H,31,35). The first-order valence-corrected chi connectivity index (χ1v) is 15.9. The summed E-state index contributed by atoms with van der Waals surface area (Å²) in [5.74, 6) is 0.120. The number of nitrogens with one attached hydrogen (secondary N) is 1. The Kier molecular flexibility index (Phi) is 9.91. The number of carbonyl (C=O) groups excluding carboxylic acids is 2. The minimum atomic E-state index is -3.49. The van der Waals surface area contributed by atoms with Crippen molar-refractivity contribution in [3.8, 4) is 0 Å². The summed E-state index contributed by atoms with van der Waals surface area (Å²) < 4.78 is 30.6. The van der Waals surface area contributed by atoms with Gasteiger partial charge in [-0.15, -0.1) is 0 Å². The van der Waals surface area contributed by atoms with Gasteiger partial charge < -0.3 is 19.9 Å². The molecule has 39 heavy (non-hydrogen) atoms. The topological polar surface area (TPSA) is 96.0 Å². The number of rotatable bonds is 6. The van der Waals surface area contributed by atoms with Gasteiger partial charge in [-0.05, 0) is 74.8 Å². The van der Waals surface area contributed by atoms with Gasteiger partial charge in [0.15, 0.2) is 9.84 Å². The van der Waals surface area contributed by atoms with Crippen LogP contribution in [0.4, 0.5) is 0 Å². The summed E-state index contributed by atoms with van der Waals surface area (Å²) in [5, 5.41) is 3.44. The van der Waals surface area contributed by atoms with Crippen molar-refractivity contribution in [2.24, 2.45) is 5.92 Å². The second-order valence-electron chi connectivity index (χ2n) is 10.6. The molecule has 1 aromatic rings. The molecule has 2 aliphatic heterocycles. The van der Waals surface area contributed by atoms with Gasteiger partial charge in [-0.3, -0.25) is 9.59 Å². The van der Waals surface area contributed by atoms with Crippen LogP contribution in [0.3, 0.4) is 0 Å². The molecule has 0 spiro atoms. The van der Waals surface area contributed by atoms with Gasteiger partial charge in [-0.25, -0.2) is 8.42 Å². The van der Waals surface area contributed by atoms with E-state index in [1.54, 1.807) is 36.4 Å². The van der Waals surface area contributed by atoms with E-state index >= 15 is 0 Å². The van der Waals surface area contributed by atoms with E-state index in [2.05, 4.69) is 10.2 Å². The lowest BCUT2D eigenvalue weighted by Crippen LogP contribution is -2.40. The Morgan fingerprint density at radius 1 is 1.13 bits per heavy atom. The van der Waals surface area contributed by atoms with Crippen LogP contribution in [0.1, 0.15) is 55.8 Å². The number of carbonyl (C=O) groups is 2. The molecule has 0 saturated carbocycles. The van der Waals surface area contributed by atoms with E-state index in [9.17, 15) is 18.0 Å². The number of allylic oxidation sites excluding steroid dienone is 3. The maximum Gasteiger partial charge on any atom is 0.255 e. The Morgan fingerprint density at radius 3 is 2.62 bits per heavy atom. The first-order chi connectivity index (χ1) is 18.6. The Hall–Kier alpha value is -2.62. The maximum absolute atomic E-state index is 13.2. The van der Waals surface area contributed by atoms with Gasteiger partial charge in [0.2, 0.25) is 5.91 Å². The molecule has 212 valence electrons. The minimum Gasteiger partial charge on any atom is -0.380 e. The molecule has 1 aliphatic carbocycles. The summed E-state index contributed by atoms with van der Waals surface area (Å²) in [5.41, 5.74) is 2.79. The number of hydrogen-bond donors (Lipinski definition) is 1. The molecule has 2 heterocycles. The first kappa shape index (κ1) is 29.4. The van der Waals surface area contributed by atoms with Crippen molar-refractivity contribution < 1.29 is 22.7 Å². The maximum atomic E-state index is 13.2. The monoisotopic (exact) mass is 575 g/mol. The van der Waals surface area contributed by atoms with Gasteiger partial charge in [-0.2, -0.15) is 0 Å². The molecule has 10 heteroatoms. The van der Waals surface area contributed by atoms with E-state index in [1.165, 1.54) is 6.26 Å². The van der Waals surface area contributed by atoms with Gasteiger partial charge >= 0.3 is 0 Å². The van der Waals surface area contributed by atoms with Crippen LogP contribution in [0, 0.1) is 5.92 Å². The lowest BCUT2D eigenvalue weighted by Gasteiger charge is -2.38. The fraction of sp³-hybridized carbons (Fsp3) is 0.517. The van der Waals surface area contributed by atoms with Gasteiger partial charge in [0, 0.05) is 56.0 Å². The molecule has 2 fully saturated rings. The molecule has 0 bridgehead atoms. The number of sulfone groups is 1. The normalized spacial score (nSPS) is 20.0. The number of ether oxygens (including phenoxy) is 1. The van der Waals surface area contributed by atoms with Crippen molar-refractivity contribution in [3.63, 3.8) is 0 Å². The highest BCUT2D eigenvalue weighted by molar-refractivity contribution is 7.94. The number of hydrogen-bond acceptors (Lipinski definition) is 6. The summed E-state index contributed by atoms with van der Waals surface area (Å²) in [6.07, 6.45) is 8.83. The van der Waals surface area contributed by atoms with Crippen LogP contribution < -0.4 is 5.32 Å². The highest BCUT2D eigenvalue weighted by Gasteiger charge is 2.29. The van der Waals surface area contributed by atoms with E-state index in [4.69, 9.17) is 16.3 Å². The largest absolute Gasteiger partial charge is 0.380 e. The predicted molar refractivity (Wildman–Crippen MR) is 153 cm³/mol. The first-order valence-electron chi connectivity index (χ1n) is 13.6.